The predicted octanol–water partition coefficient (Wildman–Crippen LogP) is 4.83. The number of nitrogens with zero attached hydrogens (tertiary/aromatic N) is 4. The number of benzene rings is 1. The van der Waals surface area contributed by atoms with Crippen molar-refractivity contribution in [2.45, 2.75) is 0 Å². The van der Waals surface area contributed by atoms with Crippen molar-refractivity contribution < 1.29 is 4.92 Å². The van der Waals surface area contributed by atoms with Crippen molar-refractivity contribution in [3.8, 4) is 17.3 Å². The van der Waals surface area contributed by atoms with Gasteiger partial charge in [-0.25, -0.2) is 4.98 Å². The number of pyridine rings is 1. The van der Waals surface area contributed by atoms with Crippen LogP contribution in [0.15, 0.2) is 48.1 Å². The van der Waals surface area contributed by atoms with Crippen molar-refractivity contribution >= 4 is 40.3 Å². The molecule has 0 unspecified atom stereocenters. The fourth-order valence-electron chi connectivity index (χ4n) is 2.12. The second-order valence-corrected chi connectivity index (χ2v) is 6.18. The highest BCUT2D eigenvalue weighted by Crippen LogP contribution is 2.29. The Morgan fingerprint density at radius 2 is 2.08 bits per heavy atom. The standard InChI is InChI=1S/C17H9ClN4O2S/c18-14-2-1-11(8-16(14)22(23)24)7-13(9-19)17-21-15(10-25-17)12-3-5-20-6-4-12/h1-8,10H/b13-7-. The molecule has 0 amide bonds. The summed E-state index contributed by atoms with van der Waals surface area (Å²) in [7, 11) is 0. The molecule has 6 nitrogen and oxygen atoms in total. The summed E-state index contributed by atoms with van der Waals surface area (Å²) in [5.74, 6) is 0. The maximum Gasteiger partial charge on any atom is 0.288 e. The molecule has 0 radical (unpaired) electrons. The van der Waals surface area contributed by atoms with Crippen LogP contribution in [-0.2, 0) is 0 Å². The lowest BCUT2D eigenvalue weighted by Gasteiger charge is -1.99. The number of nitro groups is 1. The van der Waals surface area contributed by atoms with E-state index in [2.05, 4.69) is 16.0 Å². The maximum absolute atomic E-state index is 11.0. The summed E-state index contributed by atoms with van der Waals surface area (Å²) >= 11 is 7.13. The Bertz CT molecular complexity index is 1010. The molecule has 2 aromatic heterocycles. The number of aromatic nitrogens is 2. The van der Waals surface area contributed by atoms with E-state index >= 15 is 0 Å². The minimum atomic E-state index is -0.559. The smallest absolute Gasteiger partial charge is 0.265 e. The molecule has 0 atom stereocenters. The van der Waals surface area contributed by atoms with Gasteiger partial charge in [-0.1, -0.05) is 17.7 Å². The van der Waals surface area contributed by atoms with E-state index < -0.39 is 4.92 Å². The lowest BCUT2D eigenvalue weighted by Crippen LogP contribution is -1.90. The SMILES string of the molecule is N#C/C(=C/c1ccc(Cl)c([N+](=O)[O-])c1)c1nc(-c2ccncc2)cs1. The number of rotatable bonds is 4. The largest absolute Gasteiger partial charge is 0.288 e. The molecule has 3 aromatic rings. The zero-order valence-electron chi connectivity index (χ0n) is 12.6. The summed E-state index contributed by atoms with van der Waals surface area (Å²) in [6.07, 6.45) is 4.89. The van der Waals surface area contributed by atoms with E-state index in [1.807, 2.05) is 17.5 Å². The molecule has 25 heavy (non-hydrogen) atoms. The van der Waals surface area contributed by atoms with Gasteiger partial charge in [0.15, 0.2) is 0 Å². The molecule has 0 aliphatic carbocycles. The summed E-state index contributed by atoms with van der Waals surface area (Å²) < 4.78 is 0. The van der Waals surface area contributed by atoms with Crippen LogP contribution >= 0.6 is 22.9 Å². The summed E-state index contributed by atoms with van der Waals surface area (Å²) in [6, 6.07) is 10.1. The molecule has 0 fully saturated rings. The zero-order valence-corrected chi connectivity index (χ0v) is 14.2. The highest BCUT2D eigenvalue weighted by Gasteiger charge is 2.14. The molecule has 0 aliphatic rings. The quantitative estimate of drug-likeness (QED) is 0.373. The van der Waals surface area contributed by atoms with Gasteiger partial charge in [-0.05, 0) is 29.8 Å². The Morgan fingerprint density at radius 3 is 2.76 bits per heavy atom. The molecular formula is C17H9ClN4O2S. The van der Waals surface area contributed by atoms with Crippen LogP contribution in [0.2, 0.25) is 5.02 Å². The number of nitriles is 1. The van der Waals surface area contributed by atoms with Gasteiger partial charge in [0, 0.05) is 29.4 Å². The van der Waals surface area contributed by atoms with Crippen molar-refractivity contribution in [1.29, 1.82) is 5.26 Å². The third-order valence-electron chi connectivity index (χ3n) is 3.31. The van der Waals surface area contributed by atoms with E-state index in [1.54, 1.807) is 24.5 Å². The van der Waals surface area contributed by atoms with Gasteiger partial charge >= 0.3 is 0 Å². The van der Waals surface area contributed by atoms with Crippen LogP contribution in [-0.4, -0.2) is 14.9 Å². The molecular weight excluding hydrogens is 360 g/mol. The van der Waals surface area contributed by atoms with Gasteiger partial charge in [-0.3, -0.25) is 15.1 Å². The summed E-state index contributed by atoms with van der Waals surface area (Å²) in [5.41, 5.74) is 2.27. The monoisotopic (exact) mass is 368 g/mol. The van der Waals surface area contributed by atoms with Crippen molar-refractivity contribution in [3.05, 3.63) is 73.8 Å². The Labute approximate surface area is 151 Å². The number of hydrogen-bond donors (Lipinski definition) is 0. The average Bonchev–Trinajstić information content (AvgIpc) is 3.11. The molecule has 122 valence electrons. The molecule has 8 heteroatoms. The van der Waals surface area contributed by atoms with Gasteiger partial charge in [0.2, 0.25) is 0 Å². The topological polar surface area (TPSA) is 92.7 Å². The number of thiazole rings is 1. The van der Waals surface area contributed by atoms with Gasteiger partial charge in [0.05, 0.1) is 16.2 Å². The Hall–Kier alpha value is -3.08. The number of halogens is 1. The van der Waals surface area contributed by atoms with Crippen LogP contribution in [0, 0.1) is 21.4 Å². The second-order valence-electron chi connectivity index (χ2n) is 4.91. The first-order chi connectivity index (χ1) is 12.1. The third-order valence-corrected chi connectivity index (χ3v) is 4.50. The third kappa shape index (κ3) is 3.71. The minimum Gasteiger partial charge on any atom is -0.265 e. The lowest BCUT2D eigenvalue weighted by molar-refractivity contribution is -0.384. The van der Waals surface area contributed by atoms with Crippen LogP contribution in [0.25, 0.3) is 22.9 Å². The highest BCUT2D eigenvalue weighted by molar-refractivity contribution is 7.11. The zero-order chi connectivity index (χ0) is 17.8. The molecule has 2 heterocycles. The lowest BCUT2D eigenvalue weighted by atomic mass is 10.1. The van der Waals surface area contributed by atoms with E-state index in [1.165, 1.54) is 23.5 Å². The summed E-state index contributed by atoms with van der Waals surface area (Å²) in [6.45, 7) is 0. The van der Waals surface area contributed by atoms with Crippen molar-refractivity contribution in [2.75, 3.05) is 0 Å². The fraction of sp³-hybridized carbons (Fsp3) is 0. The van der Waals surface area contributed by atoms with E-state index in [0.717, 1.165) is 11.3 Å². The maximum atomic E-state index is 11.0. The fourth-order valence-corrected chi connectivity index (χ4v) is 3.10. The summed E-state index contributed by atoms with van der Waals surface area (Å²) in [4.78, 5) is 18.8. The normalized spacial score (nSPS) is 11.1. The van der Waals surface area contributed by atoms with Gasteiger partial charge in [-0.2, -0.15) is 5.26 Å². The molecule has 0 saturated carbocycles. The van der Waals surface area contributed by atoms with Gasteiger partial charge in [-0.15, -0.1) is 11.3 Å². The van der Waals surface area contributed by atoms with E-state index in [-0.39, 0.29) is 10.7 Å². The molecule has 0 spiro atoms. The van der Waals surface area contributed by atoms with Gasteiger partial charge in [0.1, 0.15) is 16.1 Å². The van der Waals surface area contributed by atoms with Crippen molar-refractivity contribution in [1.82, 2.24) is 9.97 Å². The van der Waals surface area contributed by atoms with E-state index in [9.17, 15) is 15.4 Å². The van der Waals surface area contributed by atoms with Crippen LogP contribution < -0.4 is 0 Å². The number of hydrogen-bond acceptors (Lipinski definition) is 6. The Morgan fingerprint density at radius 1 is 1.32 bits per heavy atom. The second kappa shape index (κ2) is 7.21. The first-order valence-electron chi connectivity index (χ1n) is 7.00. The molecule has 0 aliphatic heterocycles. The number of nitro benzene ring substituents is 1. The van der Waals surface area contributed by atoms with Crippen LogP contribution in [0.5, 0.6) is 0 Å². The summed E-state index contributed by atoms with van der Waals surface area (Å²) in [5, 5.41) is 22.8. The number of allylic oxidation sites excluding steroid dienone is 1. The highest BCUT2D eigenvalue weighted by atomic mass is 35.5. The Balaban J connectivity index is 1.97. The van der Waals surface area contributed by atoms with Crippen molar-refractivity contribution in [3.63, 3.8) is 0 Å². The van der Waals surface area contributed by atoms with Gasteiger partial charge < -0.3 is 0 Å². The molecule has 0 bridgehead atoms. The molecule has 3 rings (SSSR count). The van der Waals surface area contributed by atoms with Crippen LogP contribution in [0.3, 0.4) is 0 Å². The Kier molecular flexibility index (Phi) is 4.84. The average molecular weight is 369 g/mol. The van der Waals surface area contributed by atoms with Gasteiger partial charge in [0.25, 0.3) is 5.69 Å². The predicted molar refractivity (Wildman–Crippen MR) is 96.9 cm³/mol. The van der Waals surface area contributed by atoms with Crippen LogP contribution in [0.1, 0.15) is 10.6 Å². The first-order valence-corrected chi connectivity index (χ1v) is 8.26. The molecule has 0 saturated heterocycles. The first kappa shape index (κ1) is 16.8. The van der Waals surface area contributed by atoms with Crippen molar-refractivity contribution in [2.24, 2.45) is 0 Å². The van der Waals surface area contributed by atoms with E-state index in [0.29, 0.717) is 16.1 Å². The van der Waals surface area contributed by atoms with E-state index in [4.69, 9.17) is 11.6 Å². The van der Waals surface area contributed by atoms with Crippen LogP contribution in [0.4, 0.5) is 5.69 Å². The minimum absolute atomic E-state index is 0.0508. The molecule has 0 N–H and O–H groups in total. The molecule has 1 aromatic carbocycles.